The van der Waals surface area contributed by atoms with Crippen LogP contribution in [-0.4, -0.2) is 30.6 Å². The average molecular weight is 358 g/mol. The Labute approximate surface area is 135 Å². The third-order valence-corrected chi connectivity index (χ3v) is 5.59. The Kier molecular flexibility index (Phi) is 5.03. The zero-order chi connectivity index (χ0) is 13.9. The molecule has 20 heavy (non-hydrogen) atoms. The first kappa shape index (κ1) is 14.8. The summed E-state index contributed by atoms with van der Waals surface area (Å²) in [6.45, 7) is 4.69. The van der Waals surface area contributed by atoms with Gasteiger partial charge in [-0.1, -0.05) is 33.6 Å². The Morgan fingerprint density at radius 2 is 2.20 bits per heavy atom. The van der Waals surface area contributed by atoms with Gasteiger partial charge in [0, 0.05) is 28.6 Å². The molecule has 0 spiro atoms. The highest BCUT2D eigenvalue weighted by Gasteiger charge is 2.29. The maximum Gasteiger partial charge on any atom is 0.0417 e. The summed E-state index contributed by atoms with van der Waals surface area (Å²) in [5, 5.41) is 4.47. The Morgan fingerprint density at radius 3 is 2.95 bits per heavy atom. The van der Waals surface area contributed by atoms with Crippen molar-refractivity contribution in [1.29, 1.82) is 0 Å². The highest BCUT2D eigenvalue weighted by molar-refractivity contribution is 9.10. The third kappa shape index (κ3) is 3.56. The molecule has 2 atom stereocenters. The highest BCUT2D eigenvalue weighted by Crippen LogP contribution is 2.28. The lowest BCUT2D eigenvalue weighted by Gasteiger charge is -2.36. The van der Waals surface area contributed by atoms with Crippen LogP contribution in [0.15, 0.2) is 22.7 Å². The number of rotatable bonds is 3. The van der Waals surface area contributed by atoms with E-state index in [1.165, 1.54) is 50.9 Å². The molecule has 2 fully saturated rings. The molecule has 0 aliphatic carbocycles. The lowest BCUT2D eigenvalue weighted by atomic mass is 9.89. The van der Waals surface area contributed by atoms with Crippen LogP contribution in [0.25, 0.3) is 0 Å². The SMILES string of the molecule is Clc1ccc(CN2CCCC(C3CCCN3)C2)c(Br)c1. The van der Waals surface area contributed by atoms with Crippen LogP contribution < -0.4 is 5.32 Å². The van der Waals surface area contributed by atoms with Gasteiger partial charge in [-0.2, -0.15) is 0 Å². The van der Waals surface area contributed by atoms with Gasteiger partial charge in [0.15, 0.2) is 0 Å². The molecule has 2 saturated heterocycles. The van der Waals surface area contributed by atoms with E-state index in [0.29, 0.717) is 0 Å². The number of benzene rings is 1. The first-order valence-electron chi connectivity index (χ1n) is 7.62. The number of nitrogens with one attached hydrogen (secondary N) is 1. The largest absolute Gasteiger partial charge is 0.314 e. The molecule has 110 valence electrons. The molecule has 3 rings (SSSR count). The van der Waals surface area contributed by atoms with Crippen molar-refractivity contribution in [2.24, 2.45) is 5.92 Å². The molecule has 2 heterocycles. The maximum absolute atomic E-state index is 6.02. The molecule has 2 aliphatic heterocycles. The van der Waals surface area contributed by atoms with E-state index in [1.807, 2.05) is 12.1 Å². The van der Waals surface area contributed by atoms with Gasteiger partial charge in [0.05, 0.1) is 0 Å². The lowest BCUT2D eigenvalue weighted by molar-refractivity contribution is 0.145. The second-order valence-electron chi connectivity index (χ2n) is 6.08. The minimum Gasteiger partial charge on any atom is -0.314 e. The molecular weight excluding hydrogens is 336 g/mol. The smallest absolute Gasteiger partial charge is 0.0417 e. The zero-order valence-electron chi connectivity index (χ0n) is 11.7. The number of likely N-dealkylation sites (tertiary alicyclic amines) is 1. The van der Waals surface area contributed by atoms with Crippen LogP contribution >= 0.6 is 27.5 Å². The van der Waals surface area contributed by atoms with E-state index >= 15 is 0 Å². The normalized spacial score (nSPS) is 27.9. The molecule has 0 saturated carbocycles. The quantitative estimate of drug-likeness (QED) is 0.877. The molecule has 0 aromatic heterocycles. The lowest BCUT2D eigenvalue weighted by Crippen LogP contribution is -2.43. The molecule has 1 aromatic rings. The van der Waals surface area contributed by atoms with Gasteiger partial charge in [-0.25, -0.2) is 0 Å². The van der Waals surface area contributed by atoms with Crippen molar-refractivity contribution in [3.8, 4) is 0 Å². The average Bonchev–Trinajstić information content (AvgIpc) is 2.96. The van der Waals surface area contributed by atoms with Crippen molar-refractivity contribution >= 4 is 27.5 Å². The molecule has 2 nitrogen and oxygen atoms in total. The van der Waals surface area contributed by atoms with E-state index in [-0.39, 0.29) is 0 Å². The number of halogens is 2. The summed E-state index contributed by atoms with van der Waals surface area (Å²) in [7, 11) is 0. The molecular formula is C16H22BrClN2. The monoisotopic (exact) mass is 356 g/mol. The summed E-state index contributed by atoms with van der Waals surface area (Å²) in [6, 6.07) is 6.88. The second-order valence-corrected chi connectivity index (χ2v) is 7.37. The molecule has 4 heteroatoms. The fraction of sp³-hybridized carbons (Fsp3) is 0.625. The Hall–Kier alpha value is -0.0900. The molecule has 2 aliphatic rings. The topological polar surface area (TPSA) is 15.3 Å². The van der Waals surface area contributed by atoms with Gasteiger partial charge in [-0.15, -0.1) is 0 Å². The molecule has 1 N–H and O–H groups in total. The van der Waals surface area contributed by atoms with Crippen LogP contribution in [0.3, 0.4) is 0 Å². The molecule has 1 aromatic carbocycles. The van der Waals surface area contributed by atoms with Crippen LogP contribution in [0.4, 0.5) is 0 Å². The van der Waals surface area contributed by atoms with E-state index in [0.717, 1.165) is 28.0 Å². The van der Waals surface area contributed by atoms with Gasteiger partial charge < -0.3 is 5.32 Å². The fourth-order valence-corrected chi connectivity index (χ4v) is 4.38. The Morgan fingerprint density at radius 1 is 1.30 bits per heavy atom. The van der Waals surface area contributed by atoms with E-state index in [2.05, 4.69) is 32.2 Å². The number of hydrogen-bond acceptors (Lipinski definition) is 2. The van der Waals surface area contributed by atoms with E-state index in [9.17, 15) is 0 Å². The van der Waals surface area contributed by atoms with E-state index in [4.69, 9.17) is 11.6 Å². The van der Waals surface area contributed by atoms with Gasteiger partial charge in [-0.3, -0.25) is 4.90 Å². The van der Waals surface area contributed by atoms with Crippen molar-refractivity contribution in [2.75, 3.05) is 19.6 Å². The molecule has 0 bridgehead atoms. The predicted molar refractivity (Wildman–Crippen MR) is 88.2 cm³/mol. The minimum atomic E-state index is 0.756. The van der Waals surface area contributed by atoms with Crippen LogP contribution in [0.2, 0.25) is 5.02 Å². The number of nitrogens with zero attached hydrogens (tertiary/aromatic N) is 1. The first-order valence-corrected chi connectivity index (χ1v) is 8.79. The van der Waals surface area contributed by atoms with Gasteiger partial charge >= 0.3 is 0 Å². The van der Waals surface area contributed by atoms with Crippen LogP contribution in [0.1, 0.15) is 31.2 Å². The highest BCUT2D eigenvalue weighted by atomic mass is 79.9. The van der Waals surface area contributed by atoms with Crippen molar-refractivity contribution in [3.63, 3.8) is 0 Å². The Bertz CT molecular complexity index is 460. The summed E-state index contributed by atoms with van der Waals surface area (Å²) < 4.78 is 1.13. The van der Waals surface area contributed by atoms with Gasteiger partial charge in [0.25, 0.3) is 0 Å². The summed E-state index contributed by atoms with van der Waals surface area (Å²) in [5.74, 6) is 0.831. The number of piperidine rings is 1. The summed E-state index contributed by atoms with van der Waals surface area (Å²) in [5.41, 5.74) is 1.34. The molecule has 2 unspecified atom stereocenters. The minimum absolute atomic E-state index is 0.756. The number of hydrogen-bond donors (Lipinski definition) is 1. The van der Waals surface area contributed by atoms with Crippen LogP contribution in [0.5, 0.6) is 0 Å². The molecule has 0 radical (unpaired) electrons. The van der Waals surface area contributed by atoms with Crippen LogP contribution in [-0.2, 0) is 6.54 Å². The van der Waals surface area contributed by atoms with Gasteiger partial charge in [0.2, 0.25) is 0 Å². The standard InChI is InChI=1S/C16H22BrClN2/c17-15-9-14(18)6-5-12(15)10-20-8-2-3-13(11-20)16-4-1-7-19-16/h5-6,9,13,16,19H,1-4,7-8,10-11H2. The van der Waals surface area contributed by atoms with E-state index < -0.39 is 0 Å². The summed E-state index contributed by atoms with van der Waals surface area (Å²) >= 11 is 9.65. The third-order valence-electron chi connectivity index (χ3n) is 4.62. The predicted octanol–water partition coefficient (Wildman–Crippen LogP) is 4.07. The van der Waals surface area contributed by atoms with Crippen LogP contribution in [0, 0.1) is 5.92 Å². The van der Waals surface area contributed by atoms with Crippen molar-refractivity contribution in [1.82, 2.24) is 10.2 Å². The molecule has 0 amide bonds. The van der Waals surface area contributed by atoms with Crippen molar-refractivity contribution < 1.29 is 0 Å². The second kappa shape index (κ2) is 6.78. The van der Waals surface area contributed by atoms with Gasteiger partial charge in [0.1, 0.15) is 0 Å². The van der Waals surface area contributed by atoms with Gasteiger partial charge in [-0.05, 0) is 62.4 Å². The van der Waals surface area contributed by atoms with Crippen molar-refractivity contribution in [2.45, 2.75) is 38.3 Å². The Balaban J connectivity index is 1.62. The first-order chi connectivity index (χ1) is 9.72. The summed E-state index contributed by atoms with van der Waals surface area (Å²) in [4.78, 5) is 2.60. The summed E-state index contributed by atoms with van der Waals surface area (Å²) in [6.07, 6.45) is 5.43. The fourth-order valence-electron chi connectivity index (χ4n) is 3.57. The van der Waals surface area contributed by atoms with E-state index in [1.54, 1.807) is 0 Å². The van der Waals surface area contributed by atoms with Crippen molar-refractivity contribution in [3.05, 3.63) is 33.3 Å². The maximum atomic E-state index is 6.02. The zero-order valence-corrected chi connectivity index (χ0v) is 14.1.